The number of carbonyl (C=O) groups is 1. The lowest BCUT2D eigenvalue weighted by Crippen LogP contribution is -2.19. The van der Waals surface area contributed by atoms with Gasteiger partial charge >= 0.3 is 0 Å². The van der Waals surface area contributed by atoms with Crippen molar-refractivity contribution in [2.75, 3.05) is 5.32 Å². The summed E-state index contributed by atoms with van der Waals surface area (Å²) in [7, 11) is 0. The van der Waals surface area contributed by atoms with E-state index in [-0.39, 0.29) is 10.7 Å². The first-order valence-electron chi connectivity index (χ1n) is 5.37. The number of tetrazole rings is 1. The van der Waals surface area contributed by atoms with Crippen LogP contribution < -0.4 is 5.32 Å². The van der Waals surface area contributed by atoms with Gasteiger partial charge in [0, 0.05) is 5.69 Å². The minimum atomic E-state index is -0.225. The van der Waals surface area contributed by atoms with Crippen molar-refractivity contribution in [3.05, 3.63) is 30.1 Å². The van der Waals surface area contributed by atoms with Gasteiger partial charge in [-0.25, -0.2) is 4.68 Å². The Labute approximate surface area is 113 Å². The molecule has 94 valence electrons. The number of aromatic nitrogens is 4. The van der Waals surface area contributed by atoms with E-state index in [0.717, 1.165) is 16.9 Å². The number of halogens is 1. The molecule has 0 aliphatic heterocycles. The van der Waals surface area contributed by atoms with E-state index in [1.54, 1.807) is 11.6 Å². The highest BCUT2D eigenvalue weighted by molar-refractivity contribution is 9.10. The molecule has 0 aliphatic rings. The second-order valence-electron chi connectivity index (χ2n) is 3.86. The van der Waals surface area contributed by atoms with Crippen LogP contribution in [0.25, 0.3) is 5.69 Å². The number of rotatable bonds is 3. The normalized spacial score (nSPS) is 12.2. The third-order valence-corrected chi connectivity index (χ3v) is 2.84. The van der Waals surface area contributed by atoms with Gasteiger partial charge in [0.15, 0.2) is 0 Å². The SMILES string of the molecule is Cc1cc(NC(=O)C(C)Br)ccc1-n1cnnn1. The monoisotopic (exact) mass is 309 g/mol. The van der Waals surface area contributed by atoms with Crippen molar-refractivity contribution in [2.24, 2.45) is 0 Å². The van der Waals surface area contributed by atoms with Gasteiger partial charge in [-0.1, -0.05) is 15.9 Å². The number of amides is 1. The molecule has 0 aliphatic carbocycles. The van der Waals surface area contributed by atoms with Gasteiger partial charge in [0.05, 0.1) is 10.5 Å². The molecule has 1 unspecified atom stereocenters. The van der Waals surface area contributed by atoms with Crippen LogP contribution in [0.3, 0.4) is 0 Å². The summed E-state index contributed by atoms with van der Waals surface area (Å²) in [6, 6.07) is 5.56. The average molecular weight is 310 g/mol. The smallest absolute Gasteiger partial charge is 0.237 e. The number of nitrogens with one attached hydrogen (secondary N) is 1. The van der Waals surface area contributed by atoms with Gasteiger partial charge in [-0.05, 0) is 48.0 Å². The predicted octanol–water partition coefficient (Wildman–Crippen LogP) is 1.69. The van der Waals surface area contributed by atoms with Gasteiger partial charge in [-0.3, -0.25) is 4.79 Å². The van der Waals surface area contributed by atoms with Crippen LogP contribution in [-0.2, 0) is 4.79 Å². The van der Waals surface area contributed by atoms with Crippen LogP contribution in [0.1, 0.15) is 12.5 Å². The van der Waals surface area contributed by atoms with E-state index in [1.807, 2.05) is 25.1 Å². The van der Waals surface area contributed by atoms with E-state index in [1.165, 1.54) is 6.33 Å². The Kier molecular flexibility index (Phi) is 3.71. The van der Waals surface area contributed by atoms with Crippen LogP contribution in [0.15, 0.2) is 24.5 Å². The van der Waals surface area contributed by atoms with Crippen LogP contribution in [0.4, 0.5) is 5.69 Å². The Hall–Kier alpha value is -1.76. The maximum Gasteiger partial charge on any atom is 0.237 e. The van der Waals surface area contributed by atoms with Gasteiger partial charge in [0.25, 0.3) is 0 Å². The second-order valence-corrected chi connectivity index (χ2v) is 5.23. The average Bonchev–Trinajstić information content (AvgIpc) is 2.82. The van der Waals surface area contributed by atoms with Crippen molar-refractivity contribution < 1.29 is 4.79 Å². The summed E-state index contributed by atoms with van der Waals surface area (Å²) >= 11 is 3.22. The van der Waals surface area contributed by atoms with Crippen molar-refractivity contribution in [1.29, 1.82) is 0 Å². The second kappa shape index (κ2) is 5.26. The molecule has 1 N–H and O–H groups in total. The van der Waals surface area contributed by atoms with Crippen LogP contribution in [0.2, 0.25) is 0 Å². The molecule has 1 aromatic carbocycles. The van der Waals surface area contributed by atoms with Gasteiger partial charge in [0.1, 0.15) is 6.33 Å². The van der Waals surface area contributed by atoms with Gasteiger partial charge < -0.3 is 5.32 Å². The molecule has 0 fully saturated rings. The maximum absolute atomic E-state index is 11.5. The summed E-state index contributed by atoms with van der Waals surface area (Å²) in [4.78, 5) is 11.3. The molecule has 0 saturated carbocycles. The topological polar surface area (TPSA) is 72.7 Å². The molecule has 2 aromatic rings. The minimum absolute atomic E-state index is 0.0791. The van der Waals surface area contributed by atoms with E-state index in [9.17, 15) is 4.79 Å². The summed E-state index contributed by atoms with van der Waals surface area (Å²) in [6.07, 6.45) is 1.53. The third kappa shape index (κ3) is 2.73. The molecular formula is C11H12BrN5O. The Morgan fingerprint density at radius 1 is 1.50 bits per heavy atom. The zero-order valence-electron chi connectivity index (χ0n) is 9.96. The van der Waals surface area contributed by atoms with Crippen LogP contribution >= 0.6 is 15.9 Å². The zero-order chi connectivity index (χ0) is 13.1. The van der Waals surface area contributed by atoms with Crippen LogP contribution in [-0.4, -0.2) is 30.9 Å². The van der Waals surface area contributed by atoms with E-state index in [2.05, 4.69) is 36.8 Å². The van der Waals surface area contributed by atoms with Crippen molar-refractivity contribution in [2.45, 2.75) is 18.7 Å². The molecule has 2 rings (SSSR count). The fraction of sp³-hybridized carbons (Fsp3) is 0.273. The molecule has 1 heterocycles. The molecule has 1 amide bonds. The van der Waals surface area contributed by atoms with Crippen molar-refractivity contribution in [3.8, 4) is 5.69 Å². The highest BCUT2D eigenvalue weighted by Crippen LogP contribution is 2.18. The van der Waals surface area contributed by atoms with Gasteiger partial charge in [-0.2, -0.15) is 0 Å². The number of hydrogen-bond acceptors (Lipinski definition) is 4. The van der Waals surface area contributed by atoms with Crippen LogP contribution in [0, 0.1) is 6.92 Å². The lowest BCUT2D eigenvalue weighted by molar-refractivity contribution is -0.115. The lowest BCUT2D eigenvalue weighted by atomic mass is 10.2. The largest absolute Gasteiger partial charge is 0.325 e. The minimum Gasteiger partial charge on any atom is -0.325 e. The molecule has 1 aromatic heterocycles. The highest BCUT2D eigenvalue weighted by Gasteiger charge is 2.10. The van der Waals surface area contributed by atoms with E-state index >= 15 is 0 Å². The Morgan fingerprint density at radius 2 is 2.28 bits per heavy atom. The Morgan fingerprint density at radius 3 is 2.83 bits per heavy atom. The summed E-state index contributed by atoms with van der Waals surface area (Å²) in [5.74, 6) is -0.0791. The summed E-state index contributed by atoms with van der Waals surface area (Å²) in [5, 5.41) is 13.8. The number of carbonyl (C=O) groups excluding carboxylic acids is 1. The number of benzene rings is 1. The molecule has 0 radical (unpaired) electrons. The van der Waals surface area contributed by atoms with Crippen molar-refractivity contribution in [1.82, 2.24) is 20.2 Å². The fourth-order valence-electron chi connectivity index (χ4n) is 1.50. The number of hydrogen-bond donors (Lipinski definition) is 1. The van der Waals surface area contributed by atoms with Crippen molar-refractivity contribution >= 4 is 27.5 Å². The van der Waals surface area contributed by atoms with Crippen LogP contribution in [0.5, 0.6) is 0 Å². The molecule has 6 nitrogen and oxygen atoms in total. The predicted molar refractivity (Wildman–Crippen MR) is 70.9 cm³/mol. The molecular weight excluding hydrogens is 298 g/mol. The standard InChI is InChI=1S/C11H12BrN5O/c1-7-5-9(14-11(18)8(2)12)3-4-10(7)17-6-13-15-16-17/h3-6,8H,1-2H3,(H,14,18). The maximum atomic E-state index is 11.5. The quantitative estimate of drug-likeness (QED) is 0.876. The fourth-order valence-corrected chi connectivity index (χ4v) is 1.62. The molecule has 1 atom stereocenters. The first-order chi connectivity index (χ1) is 8.58. The summed E-state index contributed by atoms with van der Waals surface area (Å²) < 4.78 is 1.58. The number of aryl methyl sites for hydroxylation is 1. The van der Waals surface area contributed by atoms with Gasteiger partial charge in [0.2, 0.25) is 5.91 Å². The Balaban J connectivity index is 2.23. The van der Waals surface area contributed by atoms with Gasteiger partial charge in [-0.15, -0.1) is 5.10 Å². The first-order valence-corrected chi connectivity index (χ1v) is 6.28. The number of alkyl halides is 1. The summed E-state index contributed by atoms with van der Waals surface area (Å²) in [5.41, 5.74) is 2.60. The summed E-state index contributed by atoms with van der Waals surface area (Å²) in [6.45, 7) is 3.71. The molecule has 18 heavy (non-hydrogen) atoms. The molecule has 0 saturated heterocycles. The number of anilines is 1. The Bertz CT molecular complexity index is 553. The third-order valence-electron chi connectivity index (χ3n) is 2.42. The van der Waals surface area contributed by atoms with E-state index in [4.69, 9.17) is 0 Å². The molecule has 7 heteroatoms. The zero-order valence-corrected chi connectivity index (χ0v) is 11.5. The van der Waals surface area contributed by atoms with E-state index in [0.29, 0.717) is 0 Å². The number of nitrogens with zero attached hydrogens (tertiary/aromatic N) is 4. The van der Waals surface area contributed by atoms with E-state index < -0.39 is 0 Å². The first kappa shape index (κ1) is 12.7. The molecule has 0 spiro atoms. The lowest BCUT2D eigenvalue weighted by Gasteiger charge is -2.10. The highest BCUT2D eigenvalue weighted by atomic mass is 79.9. The van der Waals surface area contributed by atoms with Crippen molar-refractivity contribution in [3.63, 3.8) is 0 Å². The molecule has 0 bridgehead atoms.